The molecular weight excluding hydrogens is 877 g/mol. The lowest BCUT2D eigenvalue weighted by atomic mass is 9.95. The lowest BCUT2D eigenvalue weighted by Crippen LogP contribution is -2.68. The van der Waals surface area contributed by atoms with Gasteiger partial charge in [0.25, 0.3) is 0 Å². The maximum atomic E-state index is 13.2. The average Bonchev–Trinajstić information content (AvgIpc) is 3.24. The molecule has 65 heavy (non-hydrogen) atoms. The number of hydrogen-bond donors (Lipinski definition) is 9. The van der Waals surface area contributed by atoms with Crippen molar-refractivity contribution < 1.29 is 86.9 Å². The number of carbonyl (C=O) groups excluding carboxylic acids is 3. The monoisotopic (exact) mass is 958 g/mol. The second kappa shape index (κ2) is 33.0. The van der Waals surface area contributed by atoms with Gasteiger partial charge in [-0.25, -0.2) is 14.2 Å². The molecule has 2 aliphatic heterocycles. The summed E-state index contributed by atoms with van der Waals surface area (Å²) in [6.45, 7) is 1.41. The Morgan fingerprint density at radius 2 is 1.17 bits per heavy atom. The molecule has 12 atom stereocenters. The van der Waals surface area contributed by atoms with Crippen molar-refractivity contribution in [2.24, 2.45) is 11.5 Å². The number of aliphatic hydroxyl groups excluding tert-OH is 4. The largest absolute Gasteiger partial charge is 0.479 e. The topological polar surface area (TPSA) is 335 Å². The number of phosphoric ester groups is 1. The van der Waals surface area contributed by atoms with Crippen LogP contribution in [0, 0.1) is 0 Å². The first-order valence-electron chi connectivity index (χ1n) is 23.7. The molecule has 1 unspecified atom stereocenters. The quantitative estimate of drug-likeness (QED) is 0.0314. The Balaban J connectivity index is 1.78. The van der Waals surface area contributed by atoms with E-state index in [0.29, 0.717) is 6.42 Å². The summed E-state index contributed by atoms with van der Waals surface area (Å²) >= 11 is 0. The van der Waals surface area contributed by atoms with Gasteiger partial charge in [0, 0.05) is 13.5 Å². The van der Waals surface area contributed by atoms with E-state index in [1.54, 1.807) is 0 Å². The van der Waals surface area contributed by atoms with E-state index in [1.807, 2.05) is 0 Å². The van der Waals surface area contributed by atoms with Gasteiger partial charge in [-0.1, -0.05) is 148 Å². The fourth-order valence-electron chi connectivity index (χ4n) is 7.93. The predicted octanol–water partition coefficient (Wildman–Crippen LogP) is 3.95. The first-order chi connectivity index (χ1) is 31.0. The van der Waals surface area contributed by atoms with Crippen LogP contribution in [0.25, 0.3) is 0 Å². The third-order valence-corrected chi connectivity index (χ3v) is 12.5. The molecule has 2 aliphatic rings. The van der Waals surface area contributed by atoms with E-state index < -0.39 is 112 Å². The fourth-order valence-corrected chi connectivity index (χ4v) is 8.74. The molecule has 22 heteroatoms. The van der Waals surface area contributed by atoms with Gasteiger partial charge in [-0.05, 0) is 6.42 Å². The van der Waals surface area contributed by atoms with Gasteiger partial charge in [-0.3, -0.25) is 18.6 Å². The number of carbonyl (C=O) groups is 4. The minimum Gasteiger partial charge on any atom is -0.479 e. The highest BCUT2D eigenvalue weighted by atomic mass is 31.2. The van der Waals surface area contributed by atoms with Gasteiger partial charge in [-0.15, -0.1) is 0 Å². The van der Waals surface area contributed by atoms with E-state index in [2.05, 4.69) is 12.2 Å². The summed E-state index contributed by atoms with van der Waals surface area (Å²) in [4.78, 5) is 58.7. The van der Waals surface area contributed by atoms with Crippen LogP contribution in [0.15, 0.2) is 0 Å². The van der Waals surface area contributed by atoms with Crippen molar-refractivity contribution in [1.82, 2.24) is 5.32 Å². The Morgan fingerprint density at radius 3 is 1.58 bits per heavy atom. The van der Waals surface area contributed by atoms with E-state index in [-0.39, 0.29) is 6.61 Å². The number of rotatable bonds is 37. The number of hydrogen-bond acceptors (Lipinski definition) is 16. The summed E-state index contributed by atoms with van der Waals surface area (Å²) < 4.78 is 50.3. The lowest BCUT2D eigenvalue weighted by molar-refractivity contribution is -0.339. The van der Waals surface area contributed by atoms with Gasteiger partial charge in [0.1, 0.15) is 30.5 Å². The van der Waals surface area contributed by atoms with Gasteiger partial charge in [0.2, 0.25) is 11.8 Å². The van der Waals surface area contributed by atoms with Crippen molar-refractivity contribution in [3.63, 3.8) is 0 Å². The summed E-state index contributed by atoms with van der Waals surface area (Å²) in [6, 6.07) is -1.63. The number of nitrogens with two attached hydrogens (primary N) is 2. The van der Waals surface area contributed by atoms with Crippen LogP contribution in [0.2, 0.25) is 0 Å². The molecule has 2 fully saturated rings. The molecule has 0 bridgehead atoms. The van der Waals surface area contributed by atoms with Crippen molar-refractivity contribution in [1.29, 1.82) is 0 Å². The maximum absolute atomic E-state index is 13.2. The number of nitrogens with one attached hydrogen (secondary N) is 1. The van der Waals surface area contributed by atoms with Crippen molar-refractivity contribution in [3.05, 3.63) is 0 Å². The molecule has 2 saturated heterocycles. The Labute approximate surface area is 383 Å². The fraction of sp³-hybridized carbons (Fsp3) is 0.907. The molecule has 0 saturated carbocycles. The highest BCUT2D eigenvalue weighted by Crippen LogP contribution is 2.47. The molecule has 380 valence electrons. The molecular formula is C43H80N3O18P. The second-order valence-corrected chi connectivity index (χ2v) is 18.5. The molecule has 0 spiro atoms. The summed E-state index contributed by atoms with van der Waals surface area (Å²) in [5.41, 5.74) is 10.5. The van der Waals surface area contributed by atoms with Crippen LogP contribution in [0.3, 0.4) is 0 Å². The van der Waals surface area contributed by atoms with Crippen molar-refractivity contribution in [2.75, 3.05) is 19.8 Å². The molecule has 0 aromatic heterocycles. The number of phosphoric acid groups is 1. The van der Waals surface area contributed by atoms with Gasteiger partial charge in [-0.2, -0.15) is 0 Å². The van der Waals surface area contributed by atoms with Crippen LogP contribution in [0.4, 0.5) is 4.79 Å². The van der Waals surface area contributed by atoms with Crippen LogP contribution in [-0.2, 0) is 51.7 Å². The number of ether oxygens (including phenoxy) is 5. The second-order valence-electron chi connectivity index (χ2n) is 17.1. The number of aliphatic carboxylic acids is 1. The van der Waals surface area contributed by atoms with Gasteiger partial charge in [0.05, 0.1) is 13.2 Å². The Bertz CT molecular complexity index is 1400. The van der Waals surface area contributed by atoms with Gasteiger partial charge >= 0.3 is 19.9 Å². The van der Waals surface area contributed by atoms with Crippen LogP contribution in [0.1, 0.15) is 162 Å². The molecule has 11 N–H and O–H groups in total. The van der Waals surface area contributed by atoms with Gasteiger partial charge in [0.15, 0.2) is 37.0 Å². The standard InChI is InChI=1S/C43H80N3O18P/c1-3-4-5-6-7-8-9-10-11-12-13-14-15-16-17-18-19-20-21-22-23-24-25-26-58-31(40(53)54)28-59-65(56,57)64-42-38(36(63-43(45)55)35(51)37(61-42)39(44)52)62-41-32(46-29(2)48)34(50)33(49)30(27-47)60-41/h30-38,41-42,47,49-51H,3-28H2,1-2H3,(H2,44,52)(H2,45,55)(H,46,48)(H,53,54)(H,56,57)/t30-,31-,32-,33-,34-,35+,36+,37+,38-,41+,42-/m1/s1. The molecule has 0 aromatic rings. The van der Waals surface area contributed by atoms with Crippen molar-refractivity contribution in [3.8, 4) is 0 Å². The normalized spacial score (nSPS) is 27.1. The zero-order valence-electron chi connectivity index (χ0n) is 38.4. The van der Waals surface area contributed by atoms with E-state index in [9.17, 15) is 54.2 Å². The van der Waals surface area contributed by atoms with Crippen LogP contribution in [0.5, 0.6) is 0 Å². The highest BCUT2D eigenvalue weighted by molar-refractivity contribution is 7.47. The molecule has 3 amide bonds. The minimum atomic E-state index is -5.44. The van der Waals surface area contributed by atoms with E-state index in [0.717, 1.165) is 32.6 Å². The summed E-state index contributed by atoms with van der Waals surface area (Å²) in [7, 11) is -5.44. The Morgan fingerprint density at radius 1 is 0.692 bits per heavy atom. The Kier molecular flexibility index (Phi) is 29.8. The van der Waals surface area contributed by atoms with E-state index in [4.69, 9.17) is 44.2 Å². The number of carboxylic acid groups (broad SMARTS) is 1. The third kappa shape index (κ3) is 23.4. The zero-order chi connectivity index (χ0) is 48.2. The van der Waals surface area contributed by atoms with Crippen molar-refractivity contribution in [2.45, 2.75) is 229 Å². The third-order valence-electron chi connectivity index (χ3n) is 11.6. The zero-order valence-corrected chi connectivity index (χ0v) is 39.3. The smallest absolute Gasteiger partial charge is 0.474 e. The number of aliphatic hydroxyl groups is 4. The number of unbranched alkanes of at least 4 members (excludes halogenated alkanes) is 22. The van der Waals surface area contributed by atoms with Crippen molar-refractivity contribution >= 4 is 31.7 Å². The molecule has 0 aliphatic carbocycles. The van der Waals surface area contributed by atoms with E-state index in [1.165, 1.54) is 116 Å². The number of primary amides is 2. The molecule has 21 nitrogen and oxygen atoms in total. The average molecular weight is 958 g/mol. The molecule has 2 rings (SSSR count). The summed E-state index contributed by atoms with van der Waals surface area (Å²) in [5.74, 6) is -3.65. The minimum absolute atomic E-state index is 0.00824. The molecule has 2 heterocycles. The molecule has 0 aromatic carbocycles. The molecule has 0 radical (unpaired) electrons. The highest BCUT2D eigenvalue weighted by Gasteiger charge is 2.56. The summed E-state index contributed by atoms with van der Waals surface area (Å²) in [6.07, 6.45) is 7.20. The number of carboxylic acids is 1. The van der Waals surface area contributed by atoms with Crippen LogP contribution in [-0.4, -0.2) is 142 Å². The first kappa shape index (κ1) is 58.6. The van der Waals surface area contributed by atoms with Crippen LogP contribution >= 0.6 is 7.82 Å². The predicted molar refractivity (Wildman–Crippen MR) is 235 cm³/mol. The SMILES string of the molecule is CCCCCCCCCCCCCCCCCCCCCCCCCO[C@H](COP(=O)(O)O[C@H]1O[C@H](C(N)=O)[C@@H](O)[C@H](OC(N)=O)[C@H]1O[C@@H]1O[C@H](CO)[C@@H](O)[C@H](O)[C@H]1NC(C)=O)C(=O)O. The van der Waals surface area contributed by atoms with Gasteiger partial charge < -0.3 is 70.9 Å². The van der Waals surface area contributed by atoms with E-state index >= 15 is 0 Å². The summed E-state index contributed by atoms with van der Waals surface area (Å²) in [5, 5.41) is 53.7. The number of amides is 3. The lowest BCUT2D eigenvalue weighted by Gasteiger charge is -2.47. The first-order valence-corrected chi connectivity index (χ1v) is 25.2. The maximum Gasteiger partial charge on any atom is 0.474 e. The Hall–Kier alpha value is -2.53. The van der Waals surface area contributed by atoms with Crippen LogP contribution < -0.4 is 16.8 Å².